The molecule has 4 atom stereocenters. The number of thiazole rings is 1. The molecule has 250 valence electrons. The van der Waals surface area contributed by atoms with Crippen LogP contribution < -0.4 is 26.8 Å². The molecular formula is C24H27F3N8O9S2. The number of aliphatic carboxylic acids is 1. The number of carboxylic acid groups (broad SMARTS) is 1. The van der Waals surface area contributed by atoms with Crippen LogP contribution in [-0.2, 0) is 35.7 Å². The Morgan fingerprint density at radius 2 is 1.98 bits per heavy atom. The molecule has 1 aromatic carbocycles. The number of aromatic nitrogens is 1. The number of carbonyl (C=O) groups is 3. The number of nitrogens with two attached hydrogens (primary N) is 2. The van der Waals surface area contributed by atoms with E-state index in [1.54, 1.807) is 12.1 Å². The van der Waals surface area contributed by atoms with Gasteiger partial charge < -0.3 is 36.8 Å². The third kappa shape index (κ3) is 7.81. The fraction of sp³-hybridized carbons (Fsp3) is 0.417. The highest BCUT2D eigenvalue weighted by atomic mass is 32.2. The highest BCUT2D eigenvalue weighted by Gasteiger charge is 2.52. The summed E-state index contributed by atoms with van der Waals surface area (Å²) >= 11 is -0.0534. The van der Waals surface area contributed by atoms with Crippen LogP contribution in [0.4, 0.5) is 18.3 Å². The number of benzene rings is 1. The first-order valence-electron chi connectivity index (χ1n) is 13.2. The lowest BCUT2D eigenvalue weighted by atomic mass is 10.0. The molecule has 0 saturated carbocycles. The minimum Gasteiger partial charge on any atom is -0.489 e. The first-order valence-corrected chi connectivity index (χ1v) is 15.4. The number of anilines is 1. The second-order valence-electron chi connectivity index (χ2n) is 9.90. The minimum absolute atomic E-state index is 0.0336. The average molecular weight is 693 g/mol. The predicted molar refractivity (Wildman–Crippen MR) is 154 cm³/mol. The lowest BCUT2D eigenvalue weighted by Crippen LogP contribution is -2.71. The number of oxime groups is 1. The molecule has 2 fully saturated rings. The summed E-state index contributed by atoms with van der Waals surface area (Å²) in [4.78, 5) is 48.5. The first-order chi connectivity index (χ1) is 21.5. The number of carboxylic acids is 1. The Hall–Kier alpha value is -4.54. The average Bonchev–Trinajstić information content (AvgIpc) is 3.62. The Morgan fingerprint density at radius 3 is 2.52 bits per heavy atom. The number of ether oxygens (including phenoxy) is 1. The number of nitrogens with zero attached hydrogens (tertiary/aromatic N) is 4. The zero-order chi connectivity index (χ0) is 34.0. The molecule has 0 aliphatic carbocycles. The third-order valence-electron chi connectivity index (χ3n) is 6.67. The van der Waals surface area contributed by atoms with Crippen LogP contribution in [-0.4, -0.2) is 101 Å². The molecule has 17 nitrogen and oxygen atoms in total. The van der Waals surface area contributed by atoms with E-state index in [9.17, 15) is 41.1 Å². The highest BCUT2D eigenvalue weighted by Crippen LogP contribution is 2.38. The Bertz CT molecular complexity index is 1660. The number of β-lactam (4-membered cyclic amide) rings is 1. The van der Waals surface area contributed by atoms with Crippen molar-refractivity contribution in [2.45, 2.75) is 43.8 Å². The van der Waals surface area contributed by atoms with Gasteiger partial charge >= 0.3 is 22.4 Å². The number of amidine groups is 1. The van der Waals surface area contributed by atoms with Gasteiger partial charge in [0.15, 0.2) is 10.8 Å². The molecule has 0 radical (unpaired) electrons. The summed E-state index contributed by atoms with van der Waals surface area (Å²) in [6.07, 6.45) is -6.24. The van der Waals surface area contributed by atoms with Gasteiger partial charge in [0.2, 0.25) is 0 Å². The number of nitrogen functional groups attached to an aromatic ring is 1. The highest BCUT2D eigenvalue weighted by molar-refractivity contribution is 7.84. The number of rotatable bonds is 12. The number of amides is 2. The van der Waals surface area contributed by atoms with E-state index < -0.39 is 80.5 Å². The van der Waals surface area contributed by atoms with Gasteiger partial charge in [-0.2, -0.15) is 21.6 Å². The number of carbonyl (C=O) groups excluding carboxylic acids is 2. The van der Waals surface area contributed by atoms with Gasteiger partial charge in [-0.15, -0.1) is 0 Å². The van der Waals surface area contributed by atoms with E-state index in [0.29, 0.717) is 12.1 Å². The summed E-state index contributed by atoms with van der Waals surface area (Å²) in [7, 11) is -4.99. The molecule has 2 amide bonds. The molecule has 8 N–H and O–H groups in total. The van der Waals surface area contributed by atoms with Crippen LogP contribution in [0.5, 0.6) is 5.75 Å². The molecule has 3 heterocycles. The monoisotopic (exact) mass is 692 g/mol. The second-order valence-corrected chi connectivity index (χ2v) is 12.2. The zero-order valence-electron chi connectivity index (χ0n) is 23.6. The maximum absolute atomic E-state index is 13.7. The summed E-state index contributed by atoms with van der Waals surface area (Å²) in [5, 5.41) is 17.5. The quantitative estimate of drug-likeness (QED) is 0.0544. The second kappa shape index (κ2) is 13.4. The standard InChI is InChI=1S/C24H27F3N8O9S2/c1-10-15(21(37)35(10)46(40,41)42)32-20(36)17(16-18(24(25,26)27)45-23(29)33-16)34-44-14(22(38)39)9-43-13-4-2-11(3-5-13)19(28)31-12-6-7-30-8-12/h2-5,10,12,14-15,30H,6-9H2,1H3,(H2,28,31)(H2,29,33)(H,32,36)(H,38,39)(H,40,41,42)/b34-17-/t10-,12+,14+,15+/m1/s1. The lowest BCUT2D eigenvalue weighted by molar-refractivity contribution is -0.152. The maximum atomic E-state index is 13.7. The summed E-state index contributed by atoms with van der Waals surface area (Å²) in [6.45, 7) is 1.90. The summed E-state index contributed by atoms with van der Waals surface area (Å²) in [5.41, 5.74) is 9.69. The van der Waals surface area contributed by atoms with Crippen LogP contribution in [0.1, 0.15) is 29.5 Å². The van der Waals surface area contributed by atoms with Crippen LogP contribution in [0.2, 0.25) is 0 Å². The number of halogens is 3. The Morgan fingerprint density at radius 1 is 1.30 bits per heavy atom. The molecule has 46 heavy (non-hydrogen) atoms. The third-order valence-corrected chi connectivity index (χ3v) is 8.60. The van der Waals surface area contributed by atoms with Crippen molar-refractivity contribution >= 4 is 56.1 Å². The van der Waals surface area contributed by atoms with Crippen molar-refractivity contribution in [3.8, 4) is 5.75 Å². The van der Waals surface area contributed by atoms with E-state index >= 15 is 0 Å². The smallest absolute Gasteiger partial charge is 0.427 e. The van der Waals surface area contributed by atoms with Gasteiger partial charge in [0.25, 0.3) is 17.9 Å². The van der Waals surface area contributed by atoms with Crippen molar-refractivity contribution in [2.24, 2.45) is 15.9 Å². The SMILES string of the molecule is C[C@@H]1[C@H](NC(=O)/C(=N\O[C@@H](COc2ccc(C(N)=N[C@H]3CCNC3)cc2)C(=O)O)c2nc(N)sc2C(F)(F)F)C(=O)N1S(=O)(=O)O. The fourth-order valence-corrected chi connectivity index (χ4v) is 5.96. The Labute approximate surface area is 262 Å². The first kappa shape index (κ1) is 34.3. The Kier molecular flexibility index (Phi) is 10.0. The maximum Gasteiger partial charge on any atom is 0.427 e. The van der Waals surface area contributed by atoms with Crippen molar-refractivity contribution in [2.75, 3.05) is 25.4 Å². The van der Waals surface area contributed by atoms with Crippen molar-refractivity contribution < 1.29 is 55.2 Å². The molecule has 0 unspecified atom stereocenters. The van der Waals surface area contributed by atoms with Crippen LogP contribution in [0.25, 0.3) is 0 Å². The van der Waals surface area contributed by atoms with E-state index in [1.807, 2.05) is 5.32 Å². The van der Waals surface area contributed by atoms with Crippen LogP contribution in [0, 0.1) is 0 Å². The van der Waals surface area contributed by atoms with Crippen molar-refractivity contribution in [1.82, 2.24) is 19.9 Å². The molecular weight excluding hydrogens is 665 g/mol. The van der Waals surface area contributed by atoms with Gasteiger partial charge in [-0.3, -0.25) is 19.1 Å². The van der Waals surface area contributed by atoms with E-state index in [4.69, 9.17) is 25.6 Å². The molecule has 2 aliphatic rings. The molecule has 0 spiro atoms. The van der Waals surface area contributed by atoms with E-state index in [-0.39, 0.29) is 33.3 Å². The van der Waals surface area contributed by atoms with Gasteiger partial charge in [-0.1, -0.05) is 16.5 Å². The topological polar surface area (TPSA) is 261 Å². The summed E-state index contributed by atoms with van der Waals surface area (Å²) in [6, 6.07) is 3.15. The van der Waals surface area contributed by atoms with E-state index in [2.05, 4.69) is 20.4 Å². The normalized spacial score (nSPS) is 21.5. The number of hydrogen-bond acceptors (Lipinski definition) is 13. The van der Waals surface area contributed by atoms with Gasteiger partial charge in [0.1, 0.15) is 34.8 Å². The predicted octanol–water partition coefficient (Wildman–Crippen LogP) is -0.417. The molecule has 2 aliphatic heterocycles. The number of hydrogen-bond donors (Lipinski definition) is 6. The van der Waals surface area contributed by atoms with Crippen LogP contribution >= 0.6 is 11.3 Å². The largest absolute Gasteiger partial charge is 0.489 e. The molecule has 2 saturated heterocycles. The van der Waals surface area contributed by atoms with Crippen LogP contribution in [0.15, 0.2) is 34.4 Å². The van der Waals surface area contributed by atoms with Crippen LogP contribution in [0.3, 0.4) is 0 Å². The fourth-order valence-electron chi connectivity index (χ4n) is 4.37. The zero-order valence-corrected chi connectivity index (χ0v) is 25.2. The lowest BCUT2D eigenvalue weighted by Gasteiger charge is -2.42. The van der Waals surface area contributed by atoms with E-state index in [1.165, 1.54) is 12.1 Å². The number of alkyl halides is 3. The number of nitrogens with one attached hydrogen (secondary N) is 2. The molecule has 0 bridgehead atoms. The van der Waals surface area contributed by atoms with Crippen molar-refractivity contribution in [1.29, 1.82) is 0 Å². The minimum atomic E-state index is -5.10. The van der Waals surface area contributed by atoms with Crippen molar-refractivity contribution in [3.63, 3.8) is 0 Å². The van der Waals surface area contributed by atoms with Gasteiger partial charge in [-0.05, 0) is 44.2 Å². The molecule has 1 aromatic heterocycles. The molecule has 22 heteroatoms. The van der Waals surface area contributed by atoms with Crippen molar-refractivity contribution in [3.05, 3.63) is 40.4 Å². The summed E-state index contributed by atoms with van der Waals surface area (Å²) in [5.74, 6) is -4.06. The summed E-state index contributed by atoms with van der Waals surface area (Å²) < 4.78 is 78.6. The molecule has 2 aromatic rings. The number of aliphatic imine (C=N–C) groups is 1. The van der Waals surface area contributed by atoms with Gasteiger partial charge in [-0.25, -0.2) is 14.1 Å². The van der Waals surface area contributed by atoms with Gasteiger partial charge in [0.05, 0.1) is 12.1 Å². The van der Waals surface area contributed by atoms with E-state index in [0.717, 1.165) is 19.9 Å². The Balaban J connectivity index is 1.53. The molecule has 4 rings (SSSR count). The van der Waals surface area contributed by atoms with Gasteiger partial charge in [0, 0.05) is 12.1 Å².